The van der Waals surface area contributed by atoms with Crippen LogP contribution in [0.1, 0.15) is 18.5 Å². The third kappa shape index (κ3) is 2.56. The summed E-state index contributed by atoms with van der Waals surface area (Å²) in [4.78, 5) is 0. The number of phenolic OH excluding ortho intramolecular Hbond substituents is 1. The Hall–Kier alpha value is -0.320. The molecule has 1 aromatic carbocycles. The van der Waals surface area contributed by atoms with E-state index in [4.69, 9.17) is 5.73 Å². The van der Waals surface area contributed by atoms with Gasteiger partial charge in [-0.05, 0) is 35.0 Å². The number of hydrogen-bond acceptors (Lipinski definition) is 2. The molecule has 0 amide bonds. The molecule has 0 fully saturated rings. The highest BCUT2D eigenvalue weighted by Gasteiger charge is 2.14. The third-order valence-corrected chi connectivity index (χ3v) is 2.21. The molecular formula is C8H10BrClFNO. The molecule has 0 heterocycles. The van der Waals surface area contributed by atoms with E-state index < -0.39 is 11.9 Å². The van der Waals surface area contributed by atoms with Crippen LogP contribution in [0.4, 0.5) is 4.39 Å². The van der Waals surface area contributed by atoms with Gasteiger partial charge in [0.1, 0.15) is 11.6 Å². The first-order chi connectivity index (χ1) is 5.54. The van der Waals surface area contributed by atoms with Crippen LogP contribution in [0.15, 0.2) is 16.6 Å². The van der Waals surface area contributed by atoms with Crippen molar-refractivity contribution in [2.24, 2.45) is 5.73 Å². The largest absolute Gasteiger partial charge is 0.506 e. The van der Waals surface area contributed by atoms with Crippen LogP contribution in [0.25, 0.3) is 0 Å². The second-order valence-corrected chi connectivity index (χ2v) is 3.43. The highest BCUT2D eigenvalue weighted by atomic mass is 79.9. The molecule has 1 atom stereocenters. The van der Waals surface area contributed by atoms with E-state index >= 15 is 0 Å². The van der Waals surface area contributed by atoms with Gasteiger partial charge < -0.3 is 10.8 Å². The summed E-state index contributed by atoms with van der Waals surface area (Å²) in [6.07, 6.45) is 0. The summed E-state index contributed by atoms with van der Waals surface area (Å²) in [5, 5.41) is 9.38. The number of benzene rings is 1. The number of rotatable bonds is 1. The fourth-order valence-corrected chi connectivity index (χ4v) is 1.34. The second-order valence-electron chi connectivity index (χ2n) is 2.58. The van der Waals surface area contributed by atoms with E-state index in [2.05, 4.69) is 15.9 Å². The standard InChI is InChI=1S/C8H9BrFNO.ClH/c1-4(11)7-6(10)3-2-5(9)8(7)12;/h2-4,12H,11H2,1H3;1H/t4-;/m1./s1. The number of phenols is 1. The quantitative estimate of drug-likeness (QED) is 0.824. The van der Waals surface area contributed by atoms with Gasteiger partial charge in [0.05, 0.1) is 4.47 Å². The molecule has 0 bridgehead atoms. The lowest BCUT2D eigenvalue weighted by molar-refractivity contribution is 0.449. The maximum atomic E-state index is 13.0. The van der Waals surface area contributed by atoms with Crippen molar-refractivity contribution >= 4 is 28.3 Å². The average Bonchev–Trinajstić information content (AvgIpc) is 1.97. The molecule has 0 saturated carbocycles. The van der Waals surface area contributed by atoms with Crippen LogP contribution >= 0.6 is 28.3 Å². The molecule has 74 valence electrons. The van der Waals surface area contributed by atoms with Gasteiger partial charge in [-0.15, -0.1) is 12.4 Å². The summed E-state index contributed by atoms with van der Waals surface area (Å²) in [6, 6.07) is 2.20. The van der Waals surface area contributed by atoms with E-state index in [-0.39, 0.29) is 23.7 Å². The van der Waals surface area contributed by atoms with Crippen molar-refractivity contribution in [3.8, 4) is 5.75 Å². The van der Waals surface area contributed by atoms with Crippen molar-refractivity contribution in [1.29, 1.82) is 0 Å². The Labute approximate surface area is 90.5 Å². The molecule has 3 N–H and O–H groups in total. The molecule has 5 heteroatoms. The SMILES string of the molecule is C[C@@H](N)c1c(F)ccc(Br)c1O.Cl. The van der Waals surface area contributed by atoms with Crippen molar-refractivity contribution in [2.45, 2.75) is 13.0 Å². The van der Waals surface area contributed by atoms with Gasteiger partial charge in [-0.3, -0.25) is 0 Å². The number of hydrogen-bond donors (Lipinski definition) is 2. The Morgan fingerprint density at radius 3 is 2.46 bits per heavy atom. The van der Waals surface area contributed by atoms with Crippen LogP contribution in [0, 0.1) is 5.82 Å². The predicted octanol–water partition coefficient (Wildman–Crippen LogP) is 2.74. The van der Waals surface area contributed by atoms with Crippen molar-refractivity contribution in [3.05, 3.63) is 28.0 Å². The zero-order valence-corrected chi connectivity index (χ0v) is 9.32. The Morgan fingerprint density at radius 2 is 2.08 bits per heavy atom. The molecule has 0 unspecified atom stereocenters. The van der Waals surface area contributed by atoms with Crippen molar-refractivity contribution in [3.63, 3.8) is 0 Å². The summed E-state index contributed by atoms with van der Waals surface area (Å²) < 4.78 is 13.5. The smallest absolute Gasteiger partial charge is 0.137 e. The first kappa shape index (κ1) is 12.7. The van der Waals surface area contributed by atoms with Crippen molar-refractivity contribution in [2.75, 3.05) is 0 Å². The first-order valence-electron chi connectivity index (χ1n) is 3.46. The van der Waals surface area contributed by atoms with Gasteiger partial charge in [-0.1, -0.05) is 0 Å². The Morgan fingerprint density at radius 1 is 1.54 bits per heavy atom. The molecule has 0 aliphatic carbocycles. The van der Waals surface area contributed by atoms with Crippen LogP contribution in [0.2, 0.25) is 0 Å². The number of halogens is 3. The molecule has 1 rings (SSSR count). The molecule has 0 radical (unpaired) electrons. The summed E-state index contributed by atoms with van der Waals surface area (Å²) in [5.41, 5.74) is 5.61. The van der Waals surface area contributed by atoms with E-state index in [9.17, 15) is 9.50 Å². The van der Waals surface area contributed by atoms with Gasteiger partial charge in [-0.2, -0.15) is 0 Å². The summed E-state index contributed by atoms with van der Waals surface area (Å²) in [6.45, 7) is 1.62. The van der Waals surface area contributed by atoms with Gasteiger partial charge in [0, 0.05) is 11.6 Å². The van der Waals surface area contributed by atoms with E-state index in [1.807, 2.05) is 0 Å². The summed E-state index contributed by atoms with van der Waals surface area (Å²) in [5.74, 6) is -0.601. The van der Waals surface area contributed by atoms with Crippen LogP contribution in [0.3, 0.4) is 0 Å². The minimum absolute atomic E-state index is 0. The van der Waals surface area contributed by atoms with Gasteiger partial charge in [0.25, 0.3) is 0 Å². The lowest BCUT2D eigenvalue weighted by atomic mass is 10.1. The molecule has 1 aromatic rings. The summed E-state index contributed by atoms with van der Waals surface area (Å²) >= 11 is 3.08. The number of nitrogens with two attached hydrogens (primary N) is 1. The average molecular weight is 271 g/mol. The molecule has 2 nitrogen and oxygen atoms in total. The second kappa shape index (κ2) is 4.79. The third-order valence-electron chi connectivity index (χ3n) is 1.57. The normalized spacial score (nSPS) is 12.0. The van der Waals surface area contributed by atoms with Crippen molar-refractivity contribution < 1.29 is 9.50 Å². The predicted molar refractivity (Wildman–Crippen MR) is 55.6 cm³/mol. The highest BCUT2D eigenvalue weighted by molar-refractivity contribution is 9.10. The Balaban J connectivity index is 0.00000144. The Bertz CT molecular complexity index is 306. The van der Waals surface area contributed by atoms with E-state index in [1.165, 1.54) is 12.1 Å². The minimum Gasteiger partial charge on any atom is -0.506 e. The van der Waals surface area contributed by atoms with Gasteiger partial charge in [0.2, 0.25) is 0 Å². The fraction of sp³-hybridized carbons (Fsp3) is 0.250. The maximum absolute atomic E-state index is 13.0. The number of aromatic hydroxyl groups is 1. The van der Waals surface area contributed by atoms with Crippen LogP contribution in [0.5, 0.6) is 5.75 Å². The monoisotopic (exact) mass is 269 g/mol. The molecule has 13 heavy (non-hydrogen) atoms. The van der Waals surface area contributed by atoms with Crippen LogP contribution in [-0.4, -0.2) is 5.11 Å². The van der Waals surface area contributed by atoms with Crippen LogP contribution in [-0.2, 0) is 0 Å². The Kier molecular flexibility index (Phi) is 4.67. The lowest BCUT2D eigenvalue weighted by Crippen LogP contribution is -2.07. The molecular weight excluding hydrogens is 260 g/mol. The molecule has 0 aromatic heterocycles. The van der Waals surface area contributed by atoms with Crippen molar-refractivity contribution in [1.82, 2.24) is 0 Å². The van der Waals surface area contributed by atoms with Gasteiger partial charge in [0.15, 0.2) is 0 Å². The topological polar surface area (TPSA) is 46.2 Å². The first-order valence-corrected chi connectivity index (χ1v) is 4.25. The van der Waals surface area contributed by atoms with E-state index in [1.54, 1.807) is 6.92 Å². The van der Waals surface area contributed by atoms with E-state index in [0.717, 1.165) is 0 Å². The molecule has 0 aliphatic rings. The minimum atomic E-state index is -0.512. The summed E-state index contributed by atoms with van der Waals surface area (Å²) in [7, 11) is 0. The van der Waals surface area contributed by atoms with Crippen LogP contribution < -0.4 is 5.73 Å². The molecule has 0 saturated heterocycles. The van der Waals surface area contributed by atoms with Gasteiger partial charge in [-0.25, -0.2) is 4.39 Å². The van der Waals surface area contributed by atoms with Gasteiger partial charge >= 0.3 is 0 Å². The lowest BCUT2D eigenvalue weighted by Gasteiger charge is -2.10. The molecule has 0 aliphatic heterocycles. The van der Waals surface area contributed by atoms with E-state index in [0.29, 0.717) is 4.47 Å². The highest BCUT2D eigenvalue weighted by Crippen LogP contribution is 2.32. The maximum Gasteiger partial charge on any atom is 0.137 e. The zero-order chi connectivity index (χ0) is 9.30. The fourth-order valence-electron chi connectivity index (χ4n) is 0.990. The zero-order valence-electron chi connectivity index (χ0n) is 6.92. The molecule has 0 spiro atoms.